The number of halogens is 1. The first-order chi connectivity index (χ1) is 8.47. The van der Waals surface area contributed by atoms with Crippen LogP contribution in [0.5, 0.6) is 0 Å². The number of aryl methyl sites for hydroxylation is 1. The SMILES string of the molecule is Cc1ccc(CC(=O)NCC(Cl)CC(C)C)cc1. The molecule has 1 N–H and O–H groups in total. The highest BCUT2D eigenvalue weighted by Gasteiger charge is 2.09. The molecule has 0 aliphatic heterocycles. The van der Waals surface area contributed by atoms with Gasteiger partial charge < -0.3 is 5.32 Å². The Hall–Kier alpha value is -1.02. The molecule has 3 heteroatoms. The Morgan fingerprint density at radius 2 is 1.89 bits per heavy atom. The van der Waals surface area contributed by atoms with Gasteiger partial charge in [-0.05, 0) is 24.8 Å². The third kappa shape index (κ3) is 6.06. The highest BCUT2D eigenvalue weighted by atomic mass is 35.5. The number of rotatable bonds is 6. The zero-order chi connectivity index (χ0) is 13.5. The van der Waals surface area contributed by atoms with E-state index in [2.05, 4.69) is 19.2 Å². The Labute approximate surface area is 115 Å². The van der Waals surface area contributed by atoms with Gasteiger partial charge in [-0.25, -0.2) is 0 Å². The topological polar surface area (TPSA) is 29.1 Å². The molecule has 0 heterocycles. The van der Waals surface area contributed by atoms with E-state index in [0.29, 0.717) is 18.9 Å². The molecule has 18 heavy (non-hydrogen) atoms. The van der Waals surface area contributed by atoms with Crippen LogP contribution in [-0.2, 0) is 11.2 Å². The molecule has 0 aliphatic carbocycles. The predicted molar refractivity (Wildman–Crippen MR) is 77.0 cm³/mol. The monoisotopic (exact) mass is 267 g/mol. The van der Waals surface area contributed by atoms with Crippen LogP contribution in [0.25, 0.3) is 0 Å². The zero-order valence-electron chi connectivity index (χ0n) is 11.4. The van der Waals surface area contributed by atoms with Crippen LogP contribution in [0.3, 0.4) is 0 Å². The average molecular weight is 268 g/mol. The minimum atomic E-state index is 0.0203. The maximum atomic E-state index is 11.7. The molecule has 0 saturated heterocycles. The van der Waals surface area contributed by atoms with Gasteiger partial charge in [0, 0.05) is 6.54 Å². The summed E-state index contributed by atoms with van der Waals surface area (Å²) < 4.78 is 0. The molecular weight excluding hydrogens is 246 g/mol. The van der Waals surface area contributed by atoms with Gasteiger partial charge in [0.1, 0.15) is 0 Å². The van der Waals surface area contributed by atoms with Crippen molar-refractivity contribution in [1.82, 2.24) is 5.32 Å². The second-order valence-electron chi connectivity index (χ2n) is 5.19. The van der Waals surface area contributed by atoms with Crippen LogP contribution in [0.1, 0.15) is 31.4 Å². The van der Waals surface area contributed by atoms with Crippen molar-refractivity contribution in [3.05, 3.63) is 35.4 Å². The van der Waals surface area contributed by atoms with Crippen molar-refractivity contribution in [3.8, 4) is 0 Å². The summed E-state index contributed by atoms with van der Waals surface area (Å²) in [5, 5.41) is 2.90. The molecule has 1 atom stereocenters. The number of carbonyl (C=O) groups excluding carboxylic acids is 1. The maximum Gasteiger partial charge on any atom is 0.224 e. The lowest BCUT2D eigenvalue weighted by Crippen LogP contribution is -2.31. The summed E-state index contributed by atoms with van der Waals surface area (Å²) in [7, 11) is 0. The summed E-state index contributed by atoms with van der Waals surface area (Å²) in [6.07, 6.45) is 1.35. The molecule has 0 radical (unpaired) electrons. The third-order valence-corrected chi connectivity index (χ3v) is 3.07. The Kier molecular flexibility index (Phi) is 6.20. The van der Waals surface area contributed by atoms with Crippen molar-refractivity contribution in [2.24, 2.45) is 5.92 Å². The van der Waals surface area contributed by atoms with E-state index < -0.39 is 0 Å². The molecule has 0 spiro atoms. The highest BCUT2D eigenvalue weighted by Crippen LogP contribution is 2.09. The minimum Gasteiger partial charge on any atom is -0.354 e. The molecule has 1 unspecified atom stereocenters. The Morgan fingerprint density at radius 3 is 2.44 bits per heavy atom. The number of carbonyl (C=O) groups is 1. The minimum absolute atomic E-state index is 0.0203. The van der Waals surface area contributed by atoms with E-state index in [1.165, 1.54) is 5.56 Å². The molecule has 1 amide bonds. The van der Waals surface area contributed by atoms with Crippen molar-refractivity contribution >= 4 is 17.5 Å². The summed E-state index contributed by atoms with van der Waals surface area (Å²) in [6.45, 7) is 6.84. The molecule has 1 aromatic carbocycles. The lowest BCUT2D eigenvalue weighted by atomic mass is 10.1. The van der Waals surface area contributed by atoms with Gasteiger partial charge >= 0.3 is 0 Å². The largest absolute Gasteiger partial charge is 0.354 e. The number of benzene rings is 1. The molecule has 1 aromatic rings. The number of alkyl halides is 1. The molecule has 2 nitrogen and oxygen atoms in total. The summed E-state index contributed by atoms with van der Waals surface area (Å²) >= 11 is 6.13. The van der Waals surface area contributed by atoms with E-state index in [4.69, 9.17) is 11.6 Å². The Morgan fingerprint density at radius 1 is 1.28 bits per heavy atom. The van der Waals surface area contributed by atoms with Gasteiger partial charge in [-0.1, -0.05) is 43.7 Å². The molecule has 1 rings (SSSR count). The van der Waals surface area contributed by atoms with E-state index in [-0.39, 0.29) is 11.3 Å². The van der Waals surface area contributed by atoms with Crippen LogP contribution in [0.15, 0.2) is 24.3 Å². The smallest absolute Gasteiger partial charge is 0.224 e. The molecule has 0 bridgehead atoms. The van der Waals surface area contributed by atoms with Gasteiger partial charge in [0.2, 0.25) is 5.91 Å². The Bertz CT molecular complexity index is 373. The van der Waals surface area contributed by atoms with Crippen LogP contribution in [-0.4, -0.2) is 17.8 Å². The fourth-order valence-electron chi connectivity index (χ4n) is 1.77. The molecule has 0 aliphatic rings. The lowest BCUT2D eigenvalue weighted by molar-refractivity contribution is -0.120. The second-order valence-corrected chi connectivity index (χ2v) is 5.81. The fourth-order valence-corrected chi connectivity index (χ4v) is 2.21. The first kappa shape index (κ1) is 15.0. The first-order valence-electron chi connectivity index (χ1n) is 6.43. The predicted octanol–water partition coefficient (Wildman–Crippen LogP) is 3.31. The van der Waals surface area contributed by atoms with Crippen LogP contribution >= 0.6 is 11.6 Å². The van der Waals surface area contributed by atoms with Gasteiger partial charge in [0.05, 0.1) is 11.8 Å². The van der Waals surface area contributed by atoms with E-state index in [1.54, 1.807) is 0 Å². The van der Waals surface area contributed by atoms with E-state index in [0.717, 1.165) is 12.0 Å². The van der Waals surface area contributed by atoms with Gasteiger partial charge in [-0.3, -0.25) is 4.79 Å². The number of hydrogen-bond donors (Lipinski definition) is 1. The van der Waals surface area contributed by atoms with Crippen LogP contribution < -0.4 is 5.32 Å². The van der Waals surface area contributed by atoms with E-state index >= 15 is 0 Å². The van der Waals surface area contributed by atoms with Gasteiger partial charge in [0.25, 0.3) is 0 Å². The van der Waals surface area contributed by atoms with Crippen molar-refractivity contribution < 1.29 is 4.79 Å². The average Bonchev–Trinajstić information content (AvgIpc) is 2.29. The van der Waals surface area contributed by atoms with Crippen LogP contribution in [0.2, 0.25) is 0 Å². The zero-order valence-corrected chi connectivity index (χ0v) is 12.1. The van der Waals surface area contributed by atoms with Gasteiger partial charge in [0.15, 0.2) is 0 Å². The molecular formula is C15H22ClNO. The van der Waals surface area contributed by atoms with Crippen molar-refractivity contribution in [1.29, 1.82) is 0 Å². The summed E-state index contributed by atoms with van der Waals surface area (Å²) in [5.41, 5.74) is 2.24. The number of amides is 1. The van der Waals surface area contributed by atoms with Gasteiger partial charge in [-0.15, -0.1) is 11.6 Å². The van der Waals surface area contributed by atoms with Gasteiger partial charge in [-0.2, -0.15) is 0 Å². The molecule has 100 valence electrons. The quantitative estimate of drug-likeness (QED) is 0.788. The first-order valence-corrected chi connectivity index (χ1v) is 6.87. The number of hydrogen-bond acceptors (Lipinski definition) is 1. The highest BCUT2D eigenvalue weighted by molar-refractivity contribution is 6.20. The molecule has 0 saturated carbocycles. The Balaban J connectivity index is 2.31. The standard InChI is InChI=1S/C15H22ClNO/c1-11(2)8-14(16)10-17-15(18)9-13-6-4-12(3)5-7-13/h4-7,11,14H,8-10H2,1-3H3,(H,17,18). The van der Waals surface area contributed by atoms with E-state index in [1.807, 2.05) is 31.2 Å². The molecule has 0 aromatic heterocycles. The third-order valence-electron chi connectivity index (χ3n) is 2.73. The summed E-state index contributed by atoms with van der Waals surface area (Å²) in [6, 6.07) is 8.01. The van der Waals surface area contributed by atoms with Crippen molar-refractivity contribution in [2.45, 2.75) is 39.0 Å². The molecule has 0 fully saturated rings. The second kappa shape index (κ2) is 7.42. The fraction of sp³-hybridized carbons (Fsp3) is 0.533. The maximum absolute atomic E-state index is 11.7. The number of nitrogens with one attached hydrogen (secondary N) is 1. The van der Waals surface area contributed by atoms with Crippen LogP contribution in [0, 0.1) is 12.8 Å². The van der Waals surface area contributed by atoms with Crippen LogP contribution in [0.4, 0.5) is 0 Å². The normalized spacial score (nSPS) is 12.5. The summed E-state index contributed by atoms with van der Waals surface area (Å²) in [4.78, 5) is 11.7. The van der Waals surface area contributed by atoms with Crippen molar-refractivity contribution in [3.63, 3.8) is 0 Å². The van der Waals surface area contributed by atoms with Crippen molar-refractivity contribution in [2.75, 3.05) is 6.54 Å². The lowest BCUT2D eigenvalue weighted by Gasteiger charge is -2.13. The summed E-state index contributed by atoms with van der Waals surface area (Å²) in [5.74, 6) is 0.592. The van der Waals surface area contributed by atoms with E-state index in [9.17, 15) is 4.79 Å².